The van der Waals surface area contributed by atoms with Crippen molar-refractivity contribution in [3.05, 3.63) is 53.0 Å². The molecular formula is C15H13BrO4. The van der Waals surface area contributed by atoms with Crippen LogP contribution in [0.5, 0.6) is 17.2 Å². The van der Waals surface area contributed by atoms with Crippen molar-refractivity contribution < 1.29 is 19.0 Å². The quantitative estimate of drug-likeness (QED) is 0.619. The molecule has 2 rings (SSSR count). The van der Waals surface area contributed by atoms with Crippen LogP contribution in [-0.4, -0.2) is 19.7 Å². The van der Waals surface area contributed by atoms with Gasteiger partial charge in [-0.2, -0.15) is 0 Å². The van der Waals surface area contributed by atoms with Crippen molar-refractivity contribution in [2.75, 3.05) is 13.7 Å². The number of halogens is 1. The Balaban J connectivity index is 1.87. The van der Waals surface area contributed by atoms with E-state index in [1.54, 1.807) is 37.4 Å². The maximum absolute atomic E-state index is 11.7. The van der Waals surface area contributed by atoms with E-state index in [9.17, 15) is 4.79 Å². The van der Waals surface area contributed by atoms with Crippen LogP contribution in [0.15, 0.2) is 53.0 Å². The lowest BCUT2D eigenvalue weighted by atomic mass is 10.3. The SMILES string of the molecule is COc1ccc(OC(=O)COc2ccccc2Br)cc1. The molecule has 0 unspecified atom stereocenters. The zero-order valence-electron chi connectivity index (χ0n) is 10.8. The van der Waals surface area contributed by atoms with Crippen LogP contribution in [0.3, 0.4) is 0 Å². The van der Waals surface area contributed by atoms with Crippen LogP contribution in [0, 0.1) is 0 Å². The highest BCUT2D eigenvalue weighted by molar-refractivity contribution is 9.10. The topological polar surface area (TPSA) is 44.8 Å². The molecule has 0 saturated carbocycles. The number of benzene rings is 2. The number of ether oxygens (including phenoxy) is 3. The van der Waals surface area contributed by atoms with Crippen molar-refractivity contribution >= 4 is 21.9 Å². The van der Waals surface area contributed by atoms with Crippen molar-refractivity contribution in [2.24, 2.45) is 0 Å². The number of carbonyl (C=O) groups excluding carboxylic acids is 1. The average Bonchev–Trinajstić information content (AvgIpc) is 2.47. The van der Waals surface area contributed by atoms with Gasteiger partial charge in [-0.15, -0.1) is 0 Å². The van der Waals surface area contributed by atoms with Crippen LogP contribution in [0.25, 0.3) is 0 Å². The van der Waals surface area contributed by atoms with Crippen LogP contribution in [0.1, 0.15) is 0 Å². The summed E-state index contributed by atoms with van der Waals surface area (Å²) in [6, 6.07) is 14.1. The molecule has 0 bridgehead atoms. The number of hydrogen-bond donors (Lipinski definition) is 0. The van der Waals surface area contributed by atoms with E-state index in [-0.39, 0.29) is 6.61 Å². The van der Waals surface area contributed by atoms with Gasteiger partial charge >= 0.3 is 5.97 Å². The first-order valence-corrected chi connectivity index (χ1v) is 6.70. The Kier molecular flexibility index (Phi) is 5.01. The van der Waals surface area contributed by atoms with Crippen molar-refractivity contribution in [3.63, 3.8) is 0 Å². The van der Waals surface area contributed by atoms with Gasteiger partial charge in [0, 0.05) is 0 Å². The minimum absolute atomic E-state index is 0.158. The Bertz CT molecular complexity index is 581. The van der Waals surface area contributed by atoms with E-state index in [0.29, 0.717) is 17.2 Å². The third-order valence-corrected chi connectivity index (χ3v) is 3.13. The van der Waals surface area contributed by atoms with Crippen LogP contribution < -0.4 is 14.2 Å². The van der Waals surface area contributed by atoms with Crippen molar-refractivity contribution in [1.82, 2.24) is 0 Å². The number of para-hydroxylation sites is 1. The Morgan fingerprint density at radius 1 is 1.05 bits per heavy atom. The molecule has 0 aliphatic carbocycles. The standard InChI is InChI=1S/C15H13BrO4/c1-18-11-6-8-12(9-7-11)20-15(17)10-19-14-5-3-2-4-13(14)16/h2-9H,10H2,1H3. The molecular weight excluding hydrogens is 324 g/mol. The summed E-state index contributed by atoms with van der Waals surface area (Å²) < 4.78 is 16.3. The largest absolute Gasteiger partial charge is 0.497 e. The Labute approximate surface area is 125 Å². The number of esters is 1. The van der Waals surface area contributed by atoms with Gasteiger partial charge in [0.05, 0.1) is 11.6 Å². The summed E-state index contributed by atoms with van der Waals surface area (Å²) in [4.78, 5) is 11.7. The minimum atomic E-state index is -0.467. The fourth-order valence-electron chi connectivity index (χ4n) is 1.50. The van der Waals surface area contributed by atoms with E-state index in [4.69, 9.17) is 14.2 Å². The van der Waals surface area contributed by atoms with Gasteiger partial charge in [-0.05, 0) is 52.3 Å². The summed E-state index contributed by atoms with van der Waals surface area (Å²) in [5.41, 5.74) is 0. The zero-order chi connectivity index (χ0) is 14.4. The van der Waals surface area contributed by atoms with Gasteiger partial charge in [-0.3, -0.25) is 0 Å². The Hall–Kier alpha value is -2.01. The predicted molar refractivity (Wildman–Crippen MR) is 78.3 cm³/mol. The second-order valence-corrected chi connectivity index (χ2v) is 4.72. The van der Waals surface area contributed by atoms with Gasteiger partial charge < -0.3 is 14.2 Å². The van der Waals surface area contributed by atoms with Crippen LogP contribution >= 0.6 is 15.9 Å². The fraction of sp³-hybridized carbons (Fsp3) is 0.133. The molecule has 0 aliphatic heterocycles. The zero-order valence-corrected chi connectivity index (χ0v) is 12.4. The summed E-state index contributed by atoms with van der Waals surface area (Å²) in [6.45, 7) is -0.158. The lowest BCUT2D eigenvalue weighted by Crippen LogP contribution is -2.17. The Morgan fingerprint density at radius 3 is 2.35 bits per heavy atom. The van der Waals surface area contributed by atoms with Crippen LogP contribution in [0.4, 0.5) is 0 Å². The van der Waals surface area contributed by atoms with E-state index in [1.165, 1.54) is 0 Å². The molecule has 0 aliphatic rings. The predicted octanol–water partition coefficient (Wildman–Crippen LogP) is 3.44. The summed E-state index contributed by atoms with van der Waals surface area (Å²) in [5.74, 6) is 1.28. The molecule has 0 saturated heterocycles. The molecule has 0 aromatic heterocycles. The molecule has 0 atom stereocenters. The molecule has 0 heterocycles. The van der Waals surface area contributed by atoms with E-state index in [1.807, 2.05) is 18.2 Å². The molecule has 2 aromatic rings. The van der Waals surface area contributed by atoms with Gasteiger partial charge in [0.1, 0.15) is 17.2 Å². The highest BCUT2D eigenvalue weighted by atomic mass is 79.9. The molecule has 104 valence electrons. The second-order valence-electron chi connectivity index (χ2n) is 3.87. The average molecular weight is 337 g/mol. The molecule has 0 radical (unpaired) electrons. The molecule has 4 nitrogen and oxygen atoms in total. The van der Waals surface area contributed by atoms with Crippen molar-refractivity contribution in [2.45, 2.75) is 0 Å². The smallest absolute Gasteiger partial charge is 0.349 e. The van der Waals surface area contributed by atoms with Crippen LogP contribution in [0.2, 0.25) is 0 Å². The fourth-order valence-corrected chi connectivity index (χ4v) is 1.90. The maximum atomic E-state index is 11.7. The van der Waals surface area contributed by atoms with E-state index in [0.717, 1.165) is 4.47 Å². The number of carbonyl (C=O) groups is 1. The van der Waals surface area contributed by atoms with E-state index >= 15 is 0 Å². The van der Waals surface area contributed by atoms with Gasteiger partial charge in [0.2, 0.25) is 0 Å². The summed E-state index contributed by atoms with van der Waals surface area (Å²) in [5, 5.41) is 0. The Morgan fingerprint density at radius 2 is 1.70 bits per heavy atom. The normalized spacial score (nSPS) is 9.90. The summed E-state index contributed by atoms with van der Waals surface area (Å²) >= 11 is 3.34. The van der Waals surface area contributed by atoms with Gasteiger partial charge in [-0.1, -0.05) is 12.1 Å². The molecule has 0 spiro atoms. The molecule has 0 N–H and O–H groups in total. The van der Waals surface area contributed by atoms with Crippen LogP contribution in [-0.2, 0) is 4.79 Å². The summed E-state index contributed by atoms with van der Waals surface area (Å²) in [7, 11) is 1.58. The van der Waals surface area contributed by atoms with Gasteiger partial charge in [0.15, 0.2) is 6.61 Å². The first-order valence-electron chi connectivity index (χ1n) is 5.91. The highest BCUT2D eigenvalue weighted by Gasteiger charge is 2.07. The van der Waals surface area contributed by atoms with E-state index < -0.39 is 5.97 Å². The van der Waals surface area contributed by atoms with Gasteiger partial charge in [0.25, 0.3) is 0 Å². The monoisotopic (exact) mass is 336 g/mol. The summed E-state index contributed by atoms with van der Waals surface area (Å²) in [6.07, 6.45) is 0. The van der Waals surface area contributed by atoms with E-state index in [2.05, 4.69) is 15.9 Å². The number of hydrogen-bond acceptors (Lipinski definition) is 4. The minimum Gasteiger partial charge on any atom is -0.497 e. The molecule has 0 fully saturated rings. The molecule has 5 heteroatoms. The van der Waals surface area contributed by atoms with Gasteiger partial charge in [-0.25, -0.2) is 4.79 Å². The lowest BCUT2D eigenvalue weighted by molar-refractivity contribution is -0.136. The maximum Gasteiger partial charge on any atom is 0.349 e. The first-order chi connectivity index (χ1) is 9.69. The molecule has 0 amide bonds. The first kappa shape index (κ1) is 14.4. The highest BCUT2D eigenvalue weighted by Crippen LogP contribution is 2.23. The third-order valence-electron chi connectivity index (χ3n) is 2.47. The van der Waals surface area contributed by atoms with Crippen molar-refractivity contribution in [3.8, 4) is 17.2 Å². The number of rotatable bonds is 5. The number of methoxy groups -OCH3 is 1. The van der Waals surface area contributed by atoms with Crippen molar-refractivity contribution in [1.29, 1.82) is 0 Å². The lowest BCUT2D eigenvalue weighted by Gasteiger charge is -2.08. The molecule has 20 heavy (non-hydrogen) atoms. The molecule has 2 aromatic carbocycles. The third kappa shape index (κ3) is 3.99. The second kappa shape index (κ2) is 6.96.